The Hall–Kier alpha value is -1.69. The Labute approximate surface area is 142 Å². The van der Waals surface area contributed by atoms with Crippen LogP contribution in [0.15, 0.2) is 18.2 Å². The van der Waals surface area contributed by atoms with E-state index in [-0.39, 0.29) is 12.1 Å². The van der Waals surface area contributed by atoms with E-state index < -0.39 is 11.6 Å². The molecule has 0 aliphatic carbocycles. The van der Waals surface area contributed by atoms with Gasteiger partial charge in [0.2, 0.25) is 0 Å². The molecular formula is C18H26F2N2O2. The SMILES string of the molecule is CC(C)COC(=O)N1CCCN(C(C)c2ccc(F)c(F)c2)CC1. The van der Waals surface area contributed by atoms with Crippen LogP contribution in [-0.4, -0.2) is 48.7 Å². The van der Waals surface area contributed by atoms with Gasteiger partial charge in [-0.25, -0.2) is 13.6 Å². The molecule has 0 bridgehead atoms. The summed E-state index contributed by atoms with van der Waals surface area (Å²) in [5, 5.41) is 0. The predicted octanol–water partition coefficient (Wildman–Crippen LogP) is 3.83. The van der Waals surface area contributed by atoms with Gasteiger partial charge in [0, 0.05) is 32.2 Å². The number of carbonyl (C=O) groups excluding carboxylic acids is 1. The van der Waals surface area contributed by atoms with Gasteiger partial charge in [-0.3, -0.25) is 4.90 Å². The standard InChI is InChI=1S/C18H26F2N2O2/c1-13(2)12-24-18(23)22-8-4-7-21(9-10-22)14(3)15-5-6-16(19)17(20)11-15/h5-6,11,13-14H,4,7-10,12H2,1-3H3. The van der Waals surface area contributed by atoms with E-state index in [1.165, 1.54) is 6.07 Å². The molecule has 1 atom stereocenters. The predicted molar refractivity (Wildman–Crippen MR) is 88.7 cm³/mol. The van der Waals surface area contributed by atoms with E-state index in [2.05, 4.69) is 4.90 Å². The minimum Gasteiger partial charge on any atom is -0.449 e. The number of amides is 1. The number of benzene rings is 1. The third kappa shape index (κ3) is 4.90. The summed E-state index contributed by atoms with van der Waals surface area (Å²) in [4.78, 5) is 16.0. The first-order valence-corrected chi connectivity index (χ1v) is 8.49. The van der Waals surface area contributed by atoms with Crippen LogP contribution in [0.1, 0.15) is 38.8 Å². The normalized spacial score (nSPS) is 17.7. The quantitative estimate of drug-likeness (QED) is 0.835. The smallest absolute Gasteiger partial charge is 0.409 e. The van der Waals surface area contributed by atoms with E-state index in [9.17, 15) is 13.6 Å². The van der Waals surface area contributed by atoms with E-state index >= 15 is 0 Å². The van der Waals surface area contributed by atoms with Crippen LogP contribution in [0.25, 0.3) is 0 Å². The highest BCUT2D eigenvalue weighted by Crippen LogP contribution is 2.23. The molecule has 1 fully saturated rings. The minimum absolute atomic E-state index is 0.0354. The summed E-state index contributed by atoms with van der Waals surface area (Å²) < 4.78 is 31.8. The molecule has 1 aromatic carbocycles. The highest BCUT2D eigenvalue weighted by molar-refractivity contribution is 5.67. The van der Waals surface area contributed by atoms with Crippen molar-refractivity contribution in [3.8, 4) is 0 Å². The third-order valence-electron chi connectivity index (χ3n) is 4.30. The Bertz CT molecular complexity index is 566. The van der Waals surface area contributed by atoms with Crippen LogP contribution < -0.4 is 0 Å². The van der Waals surface area contributed by atoms with Crippen molar-refractivity contribution in [3.05, 3.63) is 35.4 Å². The molecule has 0 saturated carbocycles. The number of halogens is 2. The zero-order chi connectivity index (χ0) is 17.7. The zero-order valence-corrected chi connectivity index (χ0v) is 14.6. The van der Waals surface area contributed by atoms with Crippen molar-refractivity contribution in [2.75, 3.05) is 32.8 Å². The van der Waals surface area contributed by atoms with Gasteiger partial charge in [-0.2, -0.15) is 0 Å². The van der Waals surface area contributed by atoms with Crippen LogP contribution in [0.3, 0.4) is 0 Å². The second-order valence-electron chi connectivity index (χ2n) is 6.70. The molecule has 0 spiro atoms. The Balaban J connectivity index is 1.94. The molecule has 134 valence electrons. The lowest BCUT2D eigenvalue weighted by Crippen LogP contribution is -2.36. The van der Waals surface area contributed by atoms with Crippen molar-refractivity contribution in [2.24, 2.45) is 5.92 Å². The third-order valence-corrected chi connectivity index (χ3v) is 4.30. The van der Waals surface area contributed by atoms with Crippen LogP contribution in [0, 0.1) is 17.6 Å². The van der Waals surface area contributed by atoms with Crippen LogP contribution in [0.2, 0.25) is 0 Å². The number of hydrogen-bond acceptors (Lipinski definition) is 3. The van der Waals surface area contributed by atoms with Crippen LogP contribution >= 0.6 is 0 Å². The van der Waals surface area contributed by atoms with Gasteiger partial charge in [0.15, 0.2) is 11.6 Å². The molecule has 1 aromatic rings. The molecule has 1 aliphatic rings. The summed E-state index contributed by atoms with van der Waals surface area (Å²) in [7, 11) is 0. The van der Waals surface area contributed by atoms with Gasteiger partial charge in [0.25, 0.3) is 0 Å². The second-order valence-corrected chi connectivity index (χ2v) is 6.70. The molecule has 1 aliphatic heterocycles. The van der Waals surface area contributed by atoms with Crippen molar-refractivity contribution in [2.45, 2.75) is 33.2 Å². The number of ether oxygens (including phenoxy) is 1. The maximum absolute atomic E-state index is 13.4. The number of carbonyl (C=O) groups is 1. The fourth-order valence-corrected chi connectivity index (χ4v) is 2.82. The van der Waals surface area contributed by atoms with Crippen LogP contribution in [0.5, 0.6) is 0 Å². The fourth-order valence-electron chi connectivity index (χ4n) is 2.82. The first-order valence-electron chi connectivity index (χ1n) is 8.49. The van der Waals surface area contributed by atoms with Crippen molar-refractivity contribution in [3.63, 3.8) is 0 Å². The van der Waals surface area contributed by atoms with Gasteiger partial charge in [-0.15, -0.1) is 0 Å². The Morgan fingerprint density at radius 1 is 1.12 bits per heavy atom. The summed E-state index contributed by atoms with van der Waals surface area (Å²) in [6, 6.07) is 3.99. The fraction of sp³-hybridized carbons (Fsp3) is 0.611. The Morgan fingerprint density at radius 3 is 2.54 bits per heavy atom. The van der Waals surface area contributed by atoms with Crippen molar-refractivity contribution < 1.29 is 18.3 Å². The molecule has 6 heteroatoms. The summed E-state index contributed by atoms with van der Waals surface area (Å²) in [5.74, 6) is -1.35. The van der Waals surface area contributed by atoms with E-state index in [1.807, 2.05) is 20.8 Å². The molecule has 2 rings (SSSR count). The second kappa shape index (κ2) is 8.42. The summed E-state index contributed by atoms with van der Waals surface area (Å²) in [6.45, 7) is 9.10. The van der Waals surface area contributed by atoms with E-state index in [4.69, 9.17) is 4.74 Å². The highest BCUT2D eigenvalue weighted by atomic mass is 19.2. The molecule has 4 nitrogen and oxygen atoms in total. The lowest BCUT2D eigenvalue weighted by Gasteiger charge is -2.28. The first kappa shape index (κ1) is 18.6. The molecule has 0 radical (unpaired) electrons. The van der Waals surface area contributed by atoms with Crippen LogP contribution in [-0.2, 0) is 4.74 Å². The molecular weight excluding hydrogens is 314 g/mol. The van der Waals surface area contributed by atoms with Gasteiger partial charge >= 0.3 is 6.09 Å². The molecule has 1 amide bonds. The summed E-state index contributed by atoms with van der Waals surface area (Å²) >= 11 is 0. The molecule has 1 heterocycles. The topological polar surface area (TPSA) is 32.8 Å². The minimum atomic E-state index is -0.833. The van der Waals surface area contributed by atoms with Gasteiger partial charge in [0.05, 0.1) is 6.61 Å². The number of hydrogen-bond donors (Lipinski definition) is 0. The average Bonchev–Trinajstić information content (AvgIpc) is 2.80. The lowest BCUT2D eigenvalue weighted by atomic mass is 10.1. The van der Waals surface area contributed by atoms with E-state index in [1.54, 1.807) is 11.0 Å². The van der Waals surface area contributed by atoms with Gasteiger partial charge in [0.1, 0.15) is 0 Å². The van der Waals surface area contributed by atoms with Gasteiger partial charge in [-0.05, 0) is 37.0 Å². The zero-order valence-electron chi connectivity index (χ0n) is 14.6. The molecule has 1 unspecified atom stereocenters. The largest absolute Gasteiger partial charge is 0.449 e. The molecule has 1 saturated heterocycles. The van der Waals surface area contributed by atoms with Crippen molar-refractivity contribution >= 4 is 6.09 Å². The first-order chi connectivity index (χ1) is 11.4. The van der Waals surface area contributed by atoms with E-state index in [0.29, 0.717) is 32.2 Å². The van der Waals surface area contributed by atoms with Crippen LogP contribution in [0.4, 0.5) is 13.6 Å². The Morgan fingerprint density at radius 2 is 1.88 bits per heavy atom. The monoisotopic (exact) mass is 340 g/mol. The number of rotatable bonds is 4. The highest BCUT2D eigenvalue weighted by Gasteiger charge is 2.24. The van der Waals surface area contributed by atoms with Gasteiger partial charge < -0.3 is 9.64 Å². The Kier molecular flexibility index (Phi) is 6.54. The maximum atomic E-state index is 13.4. The average molecular weight is 340 g/mol. The molecule has 0 N–H and O–H groups in total. The lowest BCUT2D eigenvalue weighted by molar-refractivity contribution is 0.0924. The maximum Gasteiger partial charge on any atom is 0.409 e. The molecule has 24 heavy (non-hydrogen) atoms. The van der Waals surface area contributed by atoms with E-state index in [0.717, 1.165) is 24.6 Å². The summed E-state index contributed by atoms with van der Waals surface area (Å²) in [5.41, 5.74) is 0.740. The summed E-state index contributed by atoms with van der Waals surface area (Å²) in [6.07, 6.45) is 0.552. The van der Waals surface area contributed by atoms with Gasteiger partial charge in [-0.1, -0.05) is 19.9 Å². The molecule has 0 aromatic heterocycles. The van der Waals surface area contributed by atoms with Crippen molar-refractivity contribution in [1.29, 1.82) is 0 Å². The van der Waals surface area contributed by atoms with Crippen molar-refractivity contribution in [1.82, 2.24) is 9.80 Å². The number of nitrogens with zero attached hydrogens (tertiary/aromatic N) is 2.